The van der Waals surface area contributed by atoms with E-state index in [2.05, 4.69) is 9.80 Å². The molecule has 1 saturated heterocycles. The highest BCUT2D eigenvalue weighted by molar-refractivity contribution is 5.80. The predicted octanol–water partition coefficient (Wildman–Crippen LogP) is 2.34. The number of ether oxygens (including phenoxy) is 2. The SMILES string of the molecule is COc1cccc(CC(=O)N2CCc3cnc(N4CCN(C5CCC5)CC4)nc3CC2)c1OC. The molecular weight excluding hydrogens is 430 g/mol. The van der Waals surface area contributed by atoms with Gasteiger partial charge in [-0.05, 0) is 30.9 Å². The molecule has 3 aliphatic rings. The smallest absolute Gasteiger partial charge is 0.227 e. The fourth-order valence-corrected chi connectivity index (χ4v) is 5.27. The minimum absolute atomic E-state index is 0.0969. The maximum atomic E-state index is 13.1. The molecule has 8 nitrogen and oxygen atoms in total. The van der Waals surface area contributed by atoms with Gasteiger partial charge in [0, 0.05) is 63.5 Å². The van der Waals surface area contributed by atoms with Gasteiger partial charge in [-0.2, -0.15) is 0 Å². The van der Waals surface area contributed by atoms with Crippen LogP contribution >= 0.6 is 0 Å². The summed E-state index contributed by atoms with van der Waals surface area (Å²) >= 11 is 0. The summed E-state index contributed by atoms with van der Waals surface area (Å²) in [7, 11) is 3.22. The number of anilines is 1. The van der Waals surface area contributed by atoms with Crippen LogP contribution in [0.3, 0.4) is 0 Å². The molecule has 1 saturated carbocycles. The molecular formula is C26H35N5O3. The van der Waals surface area contributed by atoms with Crippen molar-refractivity contribution >= 4 is 11.9 Å². The molecule has 1 aliphatic carbocycles. The predicted molar refractivity (Wildman–Crippen MR) is 131 cm³/mol. The van der Waals surface area contributed by atoms with Crippen molar-refractivity contribution in [3.05, 3.63) is 41.2 Å². The molecule has 1 aromatic heterocycles. The third kappa shape index (κ3) is 4.69. The highest BCUT2D eigenvalue weighted by atomic mass is 16.5. The van der Waals surface area contributed by atoms with Crippen molar-refractivity contribution < 1.29 is 14.3 Å². The van der Waals surface area contributed by atoms with Gasteiger partial charge in [0.05, 0.1) is 26.3 Å². The quantitative estimate of drug-likeness (QED) is 0.649. The maximum Gasteiger partial charge on any atom is 0.227 e. The second-order valence-corrected chi connectivity index (χ2v) is 9.46. The van der Waals surface area contributed by atoms with Crippen molar-refractivity contribution in [1.82, 2.24) is 19.8 Å². The molecule has 0 N–H and O–H groups in total. The Morgan fingerprint density at radius 3 is 2.53 bits per heavy atom. The van der Waals surface area contributed by atoms with Crippen LogP contribution in [0.1, 0.15) is 36.1 Å². The third-order valence-electron chi connectivity index (χ3n) is 7.58. The molecule has 1 aromatic carbocycles. The van der Waals surface area contributed by atoms with E-state index >= 15 is 0 Å². The molecule has 0 unspecified atom stereocenters. The molecule has 182 valence electrons. The van der Waals surface area contributed by atoms with Crippen LogP contribution in [0, 0.1) is 0 Å². The minimum atomic E-state index is 0.0969. The van der Waals surface area contributed by atoms with Crippen LogP contribution in [0.15, 0.2) is 24.4 Å². The van der Waals surface area contributed by atoms with Crippen LogP contribution in [0.4, 0.5) is 5.95 Å². The van der Waals surface area contributed by atoms with E-state index in [1.54, 1.807) is 14.2 Å². The summed E-state index contributed by atoms with van der Waals surface area (Å²) in [6.07, 6.45) is 7.91. The Labute approximate surface area is 201 Å². The van der Waals surface area contributed by atoms with E-state index in [0.717, 1.165) is 67.8 Å². The molecule has 8 heteroatoms. The van der Waals surface area contributed by atoms with E-state index in [4.69, 9.17) is 19.4 Å². The average Bonchev–Trinajstić information content (AvgIpc) is 3.05. The van der Waals surface area contributed by atoms with Gasteiger partial charge in [-0.15, -0.1) is 0 Å². The Hall–Kier alpha value is -2.87. The number of aromatic nitrogens is 2. The Bertz CT molecular complexity index is 1020. The van der Waals surface area contributed by atoms with Crippen LogP contribution < -0.4 is 14.4 Å². The Morgan fingerprint density at radius 1 is 1.03 bits per heavy atom. The first-order chi connectivity index (χ1) is 16.7. The molecule has 3 heterocycles. The standard InChI is InChI=1S/C26H35N5O3/c1-33-23-8-3-5-19(25(23)34-2)17-24(32)30-11-9-20-18-27-26(28-22(20)10-12-30)31-15-13-29(14-16-31)21-6-4-7-21/h3,5,8,18,21H,4,6-7,9-17H2,1-2H3. The molecule has 0 spiro atoms. The lowest BCUT2D eigenvalue weighted by Gasteiger charge is -2.43. The fraction of sp³-hybridized carbons (Fsp3) is 0.577. The third-order valence-corrected chi connectivity index (χ3v) is 7.58. The number of fused-ring (bicyclic) bond motifs is 1. The van der Waals surface area contributed by atoms with Crippen molar-refractivity contribution in [3.63, 3.8) is 0 Å². The number of nitrogens with zero attached hydrogens (tertiary/aromatic N) is 5. The van der Waals surface area contributed by atoms with Crippen LogP contribution in [-0.2, 0) is 24.1 Å². The number of carbonyl (C=O) groups is 1. The molecule has 5 rings (SSSR count). The van der Waals surface area contributed by atoms with Crippen molar-refractivity contribution in [2.75, 3.05) is 58.4 Å². The molecule has 2 fully saturated rings. The van der Waals surface area contributed by atoms with Crippen LogP contribution in [0.2, 0.25) is 0 Å². The number of hydrogen-bond donors (Lipinski definition) is 0. The lowest BCUT2D eigenvalue weighted by atomic mass is 9.91. The summed E-state index contributed by atoms with van der Waals surface area (Å²) in [6.45, 7) is 5.53. The molecule has 0 atom stereocenters. The van der Waals surface area contributed by atoms with Gasteiger partial charge in [0.15, 0.2) is 11.5 Å². The van der Waals surface area contributed by atoms with Gasteiger partial charge in [0.2, 0.25) is 11.9 Å². The number of para-hydroxylation sites is 1. The first-order valence-electron chi connectivity index (χ1n) is 12.5. The molecule has 2 aromatic rings. The summed E-state index contributed by atoms with van der Waals surface area (Å²) in [5.74, 6) is 2.21. The van der Waals surface area contributed by atoms with Gasteiger partial charge >= 0.3 is 0 Å². The second kappa shape index (κ2) is 10.2. The zero-order valence-electron chi connectivity index (χ0n) is 20.3. The van der Waals surface area contributed by atoms with Gasteiger partial charge < -0.3 is 19.3 Å². The maximum absolute atomic E-state index is 13.1. The Kier molecular flexibility index (Phi) is 6.85. The molecule has 0 radical (unpaired) electrons. The van der Waals surface area contributed by atoms with E-state index in [0.29, 0.717) is 31.0 Å². The number of benzene rings is 1. The second-order valence-electron chi connectivity index (χ2n) is 9.46. The van der Waals surface area contributed by atoms with E-state index in [9.17, 15) is 4.79 Å². The Morgan fingerprint density at radius 2 is 1.82 bits per heavy atom. The largest absolute Gasteiger partial charge is 0.493 e. The van der Waals surface area contributed by atoms with E-state index < -0.39 is 0 Å². The molecule has 1 amide bonds. The summed E-state index contributed by atoms with van der Waals surface area (Å²) in [6, 6.07) is 6.47. The molecule has 2 aliphatic heterocycles. The summed E-state index contributed by atoms with van der Waals surface area (Å²) < 4.78 is 10.9. The first-order valence-corrected chi connectivity index (χ1v) is 12.5. The van der Waals surface area contributed by atoms with Gasteiger partial charge in [0.1, 0.15) is 0 Å². The van der Waals surface area contributed by atoms with Crippen molar-refractivity contribution in [2.45, 2.75) is 44.6 Å². The van der Waals surface area contributed by atoms with Crippen LogP contribution in [-0.4, -0.2) is 85.2 Å². The van der Waals surface area contributed by atoms with E-state index in [1.807, 2.05) is 29.3 Å². The number of carbonyl (C=O) groups excluding carboxylic acids is 1. The van der Waals surface area contributed by atoms with Crippen molar-refractivity contribution in [1.29, 1.82) is 0 Å². The first kappa shape index (κ1) is 22.9. The molecule has 0 bridgehead atoms. The van der Waals surface area contributed by atoms with Gasteiger partial charge in [-0.3, -0.25) is 9.69 Å². The van der Waals surface area contributed by atoms with Crippen molar-refractivity contribution in [3.8, 4) is 11.5 Å². The van der Waals surface area contributed by atoms with E-state index in [-0.39, 0.29) is 5.91 Å². The van der Waals surface area contributed by atoms with Crippen LogP contribution in [0.5, 0.6) is 11.5 Å². The summed E-state index contributed by atoms with van der Waals surface area (Å²) in [5, 5.41) is 0. The lowest BCUT2D eigenvalue weighted by molar-refractivity contribution is -0.130. The van der Waals surface area contributed by atoms with E-state index in [1.165, 1.54) is 19.3 Å². The zero-order chi connectivity index (χ0) is 23.5. The summed E-state index contributed by atoms with van der Waals surface area (Å²) in [4.78, 5) is 29.7. The number of methoxy groups -OCH3 is 2. The van der Waals surface area contributed by atoms with Gasteiger partial charge in [-0.1, -0.05) is 18.6 Å². The number of amides is 1. The van der Waals surface area contributed by atoms with Crippen LogP contribution in [0.25, 0.3) is 0 Å². The van der Waals surface area contributed by atoms with Gasteiger partial charge in [-0.25, -0.2) is 9.97 Å². The number of piperazine rings is 1. The average molecular weight is 466 g/mol. The van der Waals surface area contributed by atoms with Gasteiger partial charge in [0.25, 0.3) is 0 Å². The lowest BCUT2D eigenvalue weighted by Crippen LogP contribution is -2.52. The summed E-state index contributed by atoms with van der Waals surface area (Å²) in [5.41, 5.74) is 3.09. The number of hydrogen-bond acceptors (Lipinski definition) is 7. The fourth-order valence-electron chi connectivity index (χ4n) is 5.27. The monoisotopic (exact) mass is 465 g/mol. The zero-order valence-corrected chi connectivity index (χ0v) is 20.3. The Balaban J connectivity index is 1.21. The minimum Gasteiger partial charge on any atom is -0.493 e. The topological polar surface area (TPSA) is 71.0 Å². The highest BCUT2D eigenvalue weighted by Gasteiger charge is 2.29. The number of rotatable bonds is 6. The molecule has 34 heavy (non-hydrogen) atoms. The van der Waals surface area contributed by atoms with Crippen molar-refractivity contribution in [2.24, 2.45) is 0 Å². The highest BCUT2D eigenvalue weighted by Crippen LogP contribution is 2.31. The normalized spacial score (nSPS) is 19.2.